The lowest BCUT2D eigenvalue weighted by atomic mass is 11.6. The number of hydrogen-bond donors (Lipinski definition) is 1. The van der Waals surface area contributed by atoms with Gasteiger partial charge in [-0.15, -0.1) is 0 Å². The Kier molecular flexibility index (Phi) is 4.22. The molecule has 0 aliphatic carbocycles. The van der Waals surface area contributed by atoms with Gasteiger partial charge in [0.25, 0.3) is 11.8 Å². The van der Waals surface area contributed by atoms with Crippen LogP contribution in [0.2, 0.25) is 0 Å². The second-order valence-electron chi connectivity index (χ2n) is 1.93. The third-order valence-electron chi connectivity index (χ3n) is 0.952. The van der Waals surface area contributed by atoms with Gasteiger partial charge in [-0.1, -0.05) is 0 Å². The molecule has 1 rings (SSSR count). The maximum absolute atomic E-state index is 5.95. The van der Waals surface area contributed by atoms with Gasteiger partial charge < -0.3 is 0 Å². The number of halogens is 5. The van der Waals surface area contributed by atoms with Crippen molar-refractivity contribution in [2.24, 2.45) is 13.5 Å². The summed E-state index contributed by atoms with van der Waals surface area (Å²) in [5.41, 5.74) is 0. The predicted molar refractivity (Wildman–Crippen MR) is 66.4 cm³/mol. The van der Waals surface area contributed by atoms with Crippen LogP contribution in [0.5, 0.6) is 0 Å². The highest BCUT2D eigenvalue weighted by molar-refractivity contribution is 8.22. The second-order valence-corrected chi connectivity index (χ2v) is 15.5. The average molecular weight is 342 g/mol. The van der Waals surface area contributed by atoms with Crippen LogP contribution in [0.3, 0.4) is 0 Å². The van der Waals surface area contributed by atoms with Crippen molar-refractivity contribution in [1.82, 2.24) is 5.09 Å². The van der Waals surface area contributed by atoms with Gasteiger partial charge in [-0.2, -0.15) is 13.5 Å². The van der Waals surface area contributed by atoms with E-state index in [1.165, 1.54) is 0 Å². The Balaban J connectivity index is 3.44. The molecule has 4 nitrogen and oxygen atoms in total. The lowest BCUT2D eigenvalue weighted by molar-refractivity contribution is 1.25. The van der Waals surface area contributed by atoms with E-state index in [9.17, 15) is 0 Å². The third-order valence-corrected chi connectivity index (χ3v) is 13.5. The molecule has 12 heteroatoms. The maximum atomic E-state index is 5.95. The monoisotopic (exact) mass is 340 g/mol. The van der Waals surface area contributed by atoms with Gasteiger partial charge in [-0.05, 0) is 63.3 Å². The smallest absolute Gasteiger partial charge is 0.256 e. The van der Waals surface area contributed by atoms with Gasteiger partial charge in [0.1, 0.15) is 0 Å². The molecule has 1 heterocycles. The molecular weight excluding hydrogens is 338 g/mol. The fraction of sp³-hybridized carbons (Fsp3) is 1.00. The Morgan fingerprint density at radius 2 is 1.31 bits per heavy atom. The van der Waals surface area contributed by atoms with Crippen LogP contribution < -0.4 is 5.09 Å². The van der Waals surface area contributed by atoms with Crippen LogP contribution in [-0.2, 0) is 0 Å². The molecule has 1 N–H and O–H groups in total. The van der Waals surface area contributed by atoms with E-state index in [-0.39, 0.29) is 0 Å². The molecule has 0 radical (unpaired) electrons. The topological polar surface area (TPSA) is 49.1 Å². The standard InChI is InChI=1S/CH4Cl5N4P3/c1-7-13(6)9-11(2,3)8-12(4,5)10-13/h7H,1H3. The Bertz CT molecular complexity index is 366. The van der Waals surface area contributed by atoms with Crippen molar-refractivity contribution in [2.45, 2.75) is 0 Å². The van der Waals surface area contributed by atoms with E-state index in [2.05, 4.69) is 18.6 Å². The van der Waals surface area contributed by atoms with E-state index in [4.69, 9.17) is 56.2 Å². The largest absolute Gasteiger partial charge is 0.257 e. The van der Waals surface area contributed by atoms with Gasteiger partial charge in [0, 0.05) is 0 Å². The van der Waals surface area contributed by atoms with E-state index in [1.54, 1.807) is 7.05 Å². The van der Waals surface area contributed by atoms with Gasteiger partial charge in [-0.25, -0.2) is 0 Å². The summed E-state index contributed by atoms with van der Waals surface area (Å²) in [4.78, 5) is 0. The van der Waals surface area contributed by atoms with Crippen molar-refractivity contribution in [3.63, 3.8) is 0 Å². The number of nitrogens with zero attached hydrogens (tertiary/aromatic N) is 3. The van der Waals surface area contributed by atoms with Gasteiger partial charge in [0.2, 0.25) is 6.71 Å². The van der Waals surface area contributed by atoms with Crippen LogP contribution in [0, 0.1) is 0 Å². The second kappa shape index (κ2) is 4.17. The average Bonchev–Trinajstić information content (AvgIpc) is 1.79. The van der Waals surface area contributed by atoms with Crippen LogP contribution in [-0.4, -0.2) is 7.05 Å². The molecule has 0 aromatic heterocycles. The summed E-state index contributed by atoms with van der Waals surface area (Å²) < 4.78 is 11.5. The first kappa shape index (κ1) is 13.2. The van der Waals surface area contributed by atoms with Crippen molar-refractivity contribution in [3.8, 4) is 0 Å². The molecule has 0 aromatic carbocycles. The zero-order chi connectivity index (χ0) is 10.3. The van der Waals surface area contributed by atoms with Crippen LogP contribution in [0.4, 0.5) is 0 Å². The summed E-state index contributed by atoms with van der Waals surface area (Å²) in [6.45, 7) is -2.64. The normalized spacial score (nSPS) is 35.5. The van der Waals surface area contributed by atoms with Crippen molar-refractivity contribution in [3.05, 3.63) is 0 Å². The fourth-order valence-corrected chi connectivity index (χ4v) is 17.3. The zero-order valence-electron chi connectivity index (χ0n) is 6.07. The Labute approximate surface area is 100.0 Å². The van der Waals surface area contributed by atoms with Gasteiger partial charge in [0.15, 0.2) is 0 Å². The molecule has 0 bridgehead atoms. The first-order valence-corrected chi connectivity index (χ1v) is 12.4. The molecule has 0 fully saturated rings. The van der Waals surface area contributed by atoms with Crippen molar-refractivity contribution in [1.29, 1.82) is 0 Å². The summed E-state index contributed by atoms with van der Waals surface area (Å²) in [6, 6.07) is 0. The van der Waals surface area contributed by atoms with Gasteiger partial charge in [0.05, 0.1) is 0 Å². The summed E-state index contributed by atoms with van der Waals surface area (Å²) in [6.07, 6.45) is 0. The minimum absolute atomic E-state index is 1.58. The molecule has 0 saturated heterocycles. The van der Waals surface area contributed by atoms with Crippen LogP contribution in [0.15, 0.2) is 13.5 Å². The van der Waals surface area contributed by atoms with Crippen molar-refractivity contribution >= 4 is 74.7 Å². The van der Waals surface area contributed by atoms with Crippen LogP contribution >= 0.6 is 74.7 Å². The molecule has 13 heavy (non-hydrogen) atoms. The lowest BCUT2D eigenvalue weighted by Gasteiger charge is -2.20. The molecule has 0 spiro atoms. The Morgan fingerprint density at radius 1 is 0.846 bits per heavy atom. The van der Waals surface area contributed by atoms with Crippen molar-refractivity contribution in [2.75, 3.05) is 7.05 Å². The van der Waals surface area contributed by atoms with E-state index in [0.717, 1.165) is 0 Å². The molecule has 1 atom stereocenters. The molecule has 78 valence electrons. The maximum Gasteiger partial charge on any atom is 0.257 e. The van der Waals surface area contributed by atoms with Crippen LogP contribution in [0.1, 0.15) is 0 Å². The zero-order valence-corrected chi connectivity index (χ0v) is 12.5. The summed E-state index contributed by atoms with van der Waals surface area (Å²) >= 11 is 29.0. The highest BCUT2D eigenvalue weighted by Gasteiger charge is 2.30. The minimum atomic E-state index is -2.86. The Morgan fingerprint density at radius 3 is 1.69 bits per heavy atom. The van der Waals surface area contributed by atoms with E-state index < -0.39 is 18.5 Å². The lowest BCUT2D eigenvalue weighted by Crippen LogP contribution is -1.95. The van der Waals surface area contributed by atoms with E-state index in [1.807, 2.05) is 0 Å². The SMILES string of the molecule is CNP1(Cl)=NP(Cl)(Cl)=NP(Cl)(Cl)=N1. The first-order valence-electron chi connectivity index (χ1n) is 2.77. The quantitative estimate of drug-likeness (QED) is 0.562. The molecule has 1 aliphatic heterocycles. The van der Waals surface area contributed by atoms with Gasteiger partial charge in [-0.3, -0.25) is 5.09 Å². The van der Waals surface area contributed by atoms with E-state index in [0.29, 0.717) is 0 Å². The Hall–Kier alpha value is 2.10. The molecule has 0 saturated carbocycles. The van der Waals surface area contributed by atoms with E-state index >= 15 is 0 Å². The summed E-state index contributed by atoms with van der Waals surface area (Å²) in [5.74, 6) is -5.71. The number of hydrogen-bond acceptors (Lipinski definition) is 4. The molecular formula is CH4Cl5N4P3. The van der Waals surface area contributed by atoms with Crippen LogP contribution in [0.25, 0.3) is 0 Å². The third kappa shape index (κ3) is 3.87. The molecule has 1 unspecified atom stereocenters. The van der Waals surface area contributed by atoms with Gasteiger partial charge >= 0.3 is 0 Å². The summed E-state index contributed by atoms with van der Waals surface area (Å²) in [7, 11) is 1.58. The van der Waals surface area contributed by atoms with Crippen molar-refractivity contribution < 1.29 is 0 Å². The number of rotatable bonds is 1. The fourth-order valence-electron chi connectivity index (χ4n) is 0.558. The number of nitrogens with one attached hydrogen (secondary N) is 1. The minimum Gasteiger partial charge on any atom is -0.256 e. The predicted octanol–water partition coefficient (Wildman–Crippen LogP) is 6.25. The molecule has 1 aliphatic rings. The molecule has 0 aromatic rings. The first-order chi connectivity index (χ1) is 5.68. The highest BCUT2D eigenvalue weighted by atomic mass is 35.9. The highest BCUT2D eigenvalue weighted by Crippen LogP contribution is 2.85. The summed E-state index contributed by atoms with van der Waals surface area (Å²) in [5, 5.41) is 2.69. The molecule has 0 amide bonds.